The second-order valence-corrected chi connectivity index (χ2v) is 8.01. The van der Waals surface area contributed by atoms with Crippen molar-refractivity contribution in [3.05, 3.63) is 0 Å². The van der Waals surface area contributed by atoms with Gasteiger partial charge in [0.05, 0.1) is 12.2 Å². The average molecular weight is 341 g/mol. The lowest BCUT2D eigenvalue weighted by Crippen LogP contribution is -2.23. The molecule has 0 radical (unpaired) electrons. The molecule has 0 bridgehead atoms. The molecule has 0 aliphatic heterocycles. The van der Waals surface area contributed by atoms with Gasteiger partial charge in [-0.25, -0.2) is 0 Å². The van der Waals surface area contributed by atoms with E-state index in [1.165, 1.54) is 96.3 Å². The molecule has 0 aromatic carbocycles. The molecule has 144 valence electrons. The Bertz CT molecular complexity index is 259. The zero-order valence-corrected chi connectivity index (χ0v) is 16.9. The van der Waals surface area contributed by atoms with Crippen LogP contribution in [-0.4, -0.2) is 19.0 Å². The Balaban J connectivity index is 2.00. The van der Waals surface area contributed by atoms with Crippen LogP contribution < -0.4 is 0 Å². The van der Waals surface area contributed by atoms with E-state index in [9.17, 15) is 0 Å². The molecule has 2 heteroatoms. The van der Waals surface area contributed by atoms with Gasteiger partial charge in [-0.15, -0.1) is 0 Å². The van der Waals surface area contributed by atoms with E-state index in [2.05, 4.69) is 20.8 Å². The Morgan fingerprint density at radius 3 is 2.00 bits per heavy atom. The Labute approximate surface area is 152 Å². The van der Waals surface area contributed by atoms with Gasteiger partial charge in [0, 0.05) is 0 Å². The van der Waals surface area contributed by atoms with Crippen LogP contribution in [0.2, 0.25) is 0 Å². The maximum Gasteiger partial charge on any atom is 0.147 e. The fraction of sp³-hybridized carbons (Fsp3) is 1.00. The van der Waals surface area contributed by atoms with Crippen molar-refractivity contribution in [2.75, 3.05) is 6.79 Å². The summed E-state index contributed by atoms with van der Waals surface area (Å²) < 4.78 is 12.0. The van der Waals surface area contributed by atoms with Crippen LogP contribution in [0.25, 0.3) is 0 Å². The molecule has 24 heavy (non-hydrogen) atoms. The van der Waals surface area contributed by atoms with Crippen LogP contribution in [0, 0.1) is 5.92 Å². The summed E-state index contributed by atoms with van der Waals surface area (Å²) in [5.74, 6) is 0.889. The molecular formula is C22H44O2. The maximum atomic E-state index is 6.05. The van der Waals surface area contributed by atoms with E-state index in [1.807, 2.05) is 0 Å². The topological polar surface area (TPSA) is 18.5 Å². The molecule has 1 aliphatic rings. The summed E-state index contributed by atoms with van der Waals surface area (Å²) in [7, 11) is 0. The molecular weight excluding hydrogens is 296 g/mol. The zero-order chi connectivity index (χ0) is 17.5. The highest BCUT2D eigenvalue weighted by atomic mass is 16.7. The van der Waals surface area contributed by atoms with Crippen molar-refractivity contribution in [1.29, 1.82) is 0 Å². The predicted molar refractivity (Wildman–Crippen MR) is 104 cm³/mol. The Morgan fingerprint density at radius 2 is 1.38 bits per heavy atom. The number of unbranched alkanes of at least 4 members (excludes halogenated alkanes) is 7. The molecule has 0 unspecified atom stereocenters. The standard InChI is InChI=1S/C22H44O2/c1-4-6-7-8-9-10-11-12-14-21(13-5-2)23-19-24-22-17-15-20(3)16-18-22/h20-22H,4-19H2,1-3H3/t20?,21-,22?/m1/s1. The first kappa shape index (κ1) is 22.0. The van der Waals surface area contributed by atoms with Gasteiger partial charge in [0.1, 0.15) is 6.79 Å². The summed E-state index contributed by atoms with van der Waals surface area (Å²) in [6.07, 6.45) is 20.7. The third-order valence-corrected chi connectivity index (χ3v) is 5.56. The Kier molecular flexibility index (Phi) is 13.9. The van der Waals surface area contributed by atoms with Gasteiger partial charge in [-0.1, -0.05) is 78.6 Å². The van der Waals surface area contributed by atoms with Gasteiger partial charge in [-0.2, -0.15) is 0 Å². The van der Waals surface area contributed by atoms with E-state index >= 15 is 0 Å². The highest BCUT2D eigenvalue weighted by molar-refractivity contribution is 4.69. The van der Waals surface area contributed by atoms with Crippen molar-refractivity contribution in [2.24, 2.45) is 5.92 Å². The van der Waals surface area contributed by atoms with E-state index in [1.54, 1.807) is 0 Å². The summed E-state index contributed by atoms with van der Waals surface area (Å²) in [6.45, 7) is 7.41. The first-order valence-corrected chi connectivity index (χ1v) is 11.0. The van der Waals surface area contributed by atoms with E-state index in [4.69, 9.17) is 9.47 Å². The van der Waals surface area contributed by atoms with Crippen molar-refractivity contribution >= 4 is 0 Å². The first-order valence-electron chi connectivity index (χ1n) is 11.0. The molecule has 1 fully saturated rings. The lowest BCUT2D eigenvalue weighted by molar-refractivity contribution is -0.130. The summed E-state index contributed by atoms with van der Waals surface area (Å²) in [5.41, 5.74) is 0. The molecule has 1 aliphatic carbocycles. The minimum Gasteiger partial charge on any atom is -0.352 e. The Morgan fingerprint density at radius 1 is 0.750 bits per heavy atom. The van der Waals surface area contributed by atoms with Crippen molar-refractivity contribution in [1.82, 2.24) is 0 Å². The number of hydrogen-bond donors (Lipinski definition) is 0. The average Bonchev–Trinajstić information content (AvgIpc) is 2.59. The molecule has 1 saturated carbocycles. The summed E-state index contributed by atoms with van der Waals surface area (Å²) >= 11 is 0. The first-order chi connectivity index (χ1) is 11.8. The number of ether oxygens (including phenoxy) is 2. The van der Waals surface area contributed by atoms with Gasteiger partial charge < -0.3 is 9.47 Å². The van der Waals surface area contributed by atoms with Crippen LogP contribution in [-0.2, 0) is 9.47 Å². The van der Waals surface area contributed by atoms with E-state index in [0.717, 1.165) is 5.92 Å². The van der Waals surface area contributed by atoms with Gasteiger partial charge in [0.25, 0.3) is 0 Å². The third kappa shape index (κ3) is 11.5. The molecule has 0 saturated heterocycles. The largest absolute Gasteiger partial charge is 0.352 e. The SMILES string of the molecule is CCCCCCCCCC[C@@H](CCC)OCOC1CCC(C)CC1. The second-order valence-electron chi connectivity index (χ2n) is 8.01. The van der Waals surface area contributed by atoms with E-state index < -0.39 is 0 Å². The smallest absolute Gasteiger partial charge is 0.147 e. The number of rotatable bonds is 15. The zero-order valence-electron chi connectivity index (χ0n) is 16.9. The van der Waals surface area contributed by atoms with E-state index in [-0.39, 0.29) is 0 Å². The minimum absolute atomic E-state index is 0.414. The highest BCUT2D eigenvalue weighted by Crippen LogP contribution is 2.25. The van der Waals surface area contributed by atoms with E-state index in [0.29, 0.717) is 19.0 Å². The van der Waals surface area contributed by atoms with Crippen molar-refractivity contribution < 1.29 is 9.47 Å². The normalized spacial score (nSPS) is 22.6. The highest BCUT2D eigenvalue weighted by Gasteiger charge is 2.19. The molecule has 2 nitrogen and oxygen atoms in total. The molecule has 1 atom stereocenters. The summed E-state index contributed by atoms with van der Waals surface area (Å²) in [6, 6.07) is 0. The van der Waals surface area contributed by atoms with Gasteiger partial charge in [0.15, 0.2) is 0 Å². The molecule has 1 rings (SSSR count). The quantitative estimate of drug-likeness (QED) is 0.231. The van der Waals surface area contributed by atoms with Crippen LogP contribution in [0.5, 0.6) is 0 Å². The molecule has 0 heterocycles. The Hall–Kier alpha value is -0.0800. The molecule has 0 aromatic heterocycles. The molecule has 0 N–H and O–H groups in total. The lowest BCUT2D eigenvalue weighted by atomic mass is 9.89. The van der Waals surface area contributed by atoms with Gasteiger partial charge in [-0.05, 0) is 44.4 Å². The summed E-state index contributed by atoms with van der Waals surface area (Å²) in [5, 5.41) is 0. The van der Waals surface area contributed by atoms with Crippen LogP contribution in [0.4, 0.5) is 0 Å². The van der Waals surface area contributed by atoms with Crippen LogP contribution in [0.1, 0.15) is 117 Å². The predicted octanol–water partition coefficient (Wildman–Crippen LogP) is 7.26. The van der Waals surface area contributed by atoms with Crippen LogP contribution in [0.3, 0.4) is 0 Å². The monoisotopic (exact) mass is 340 g/mol. The maximum absolute atomic E-state index is 6.05. The fourth-order valence-electron chi connectivity index (χ4n) is 3.77. The van der Waals surface area contributed by atoms with Crippen LogP contribution >= 0.6 is 0 Å². The summed E-state index contributed by atoms with van der Waals surface area (Å²) in [4.78, 5) is 0. The fourth-order valence-corrected chi connectivity index (χ4v) is 3.77. The number of hydrogen-bond acceptors (Lipinski definition) is 2. The van der Waals surface area contributed by atoms with Gasteiger partial charge >= 0.3 is 0 Å². The van der Waals surface area contributed by atoms with Gasteiger partial charge in [0.2, 0.25) is 0 Å². The van der Waals surface area contributed by atoms with Crippen LogP contribution in [0.15, 0.2) is 0 Å². The second kappa shape index (κ2) is 15.2. The van der Waals surface area contributed by atoms with Gasteiger partial charge in [-0.3, -0.25) is 0 Å². The van der Waals surface area contributed by atoms with Crippen molar-refractivity contribution in [3.63, 3.8) is 0 Å². The lowest BCUT2D eigenvalue weighted by Gasteiger charge is -2.27. The minimum atomic E-state index is 0.414. The van der Waals surface area contributed by atoms with Crippen molar-refractivity contribution in [2.45, 2.75) is 129 Å². The molecule has 0 spiro atoms. The third-order valence-electron chi connectivity index (χ3n) is 5.56. The molecule has 0 amide bonds. The molecule has 0 aromatic rings. The van der Waals surface area contributed by atoms with Crippen molar-refractivity contribution in [3.8, 4) is 0 Å².